The van der Waals surface area contributed by atoms with Crippen LogP contribution in [0.2, 0.25) is 19.6 Å². The molecule has 0 bridgehead atoms. The number of hydrogen-bond acceptors (Lipinski definition) is 2. The number of rotatable bonds is 4. The van der Waals surface area contributed by atoms with Crippen molar-refractivity contribution in [2.24, 2.45) is 0 Å². The van der Waals surface area contributed by atoms with Crippen LogP contribution in [-0.2, 0) is 4.43 Å². The lowest BCUT2D eigenvalue weighted by molar-refractivity contribution is 0.414. The Hall–Kier alpha value is -1.22. The zero-order valence-electron chi connectivity index (χ0n) is 9.83. The van der Waals surface area contributed by atoms with E-state index in [1.807, 2.05) is 24.3 Å². The molecule has 2 nitrogen and oxygen atoms in total. The molecule has 0 N–H and O–H groups in total. The first-order valence-corrected chi connectivity index (χ1v) is 8.35. The molecule has 82 valence electrons. The van der Waals surface area contributed by atoms with Gasteiger partial charge in [-0.05, 0) is 43.9 Å². The van der Waals surface area contributed by atoms with Crippen molar-refractivity contribution in [3.63, 3.8) is 0 Å². The van der Waals surface area contributed by atoms with Crippen LogP contribution in [0.1, 0.15) is 5.56 Å². The van der Waals surface area contributed by atoms with Crippen molar-refractivity contribution < 1.29 is 9.16 Å². The highest BCUT2D eigenvalue weighted by Gasteiger charge is 2.17. The molecule has 0 saturated carbocycles. The van der Waals surface area contributed by atoms with Crippen LogP contribution in [0.25, 0.3) is 5.76 Å². The topological polar surface area (TPSA) is 18.5 Å². The van der Waals surface area contributed by atoms with Crippen LogP contribution in [0, 0.1) is 0 Å². The van der Waals surface area contributed by atoms with Gasteiger partial charge in [-0.15, -0.1) is 0 Å². The van der Waals surface area contributed by atoms with Crippen molar-refractivity contribution in [3.8, 4) is 5.75 Å². The first kappa shape index (κ1) is 11.8. The fourth-order valence-electron chi connectivity index (χ4n) is 1.21. The standard InChI is InChI=1S/C12H18O2Si/c1-10(14-15(3,4)5)11-6-8-12(13-2)9-7-11/h6-9H,1H2,2-5H3. The first-order chi connectivity index (χ1) is 6.92. The maximum absolute atomic E-state index is 5.80. The van der Waals surface area contributed by atoms with Gasteiger partial charge in [0.2, 0.25) is 8.32 Å². The van der Waals surface area contributed by atoms with Gasteiger partial charge in [0.25, 0.3) is 0 Å². The summed E-state index contributed by atoms with van der Waals surface area (Å²) in [6, 6.07) is 7.74. The molecule has 0 aliphatic carbocycles. The van der Waals surface area contributed by atoms with Gasteiger partial charge in [-0.1, -0.05) is 6.58 Å². The molecule has 0 fully saturated rings. The van der Waals surface area contributed by atoms with E-state index >= 15 is 0 Å². The summed E-state index contributed by atoms with van der Waals surface area (Å²) in [6.07, 6.45) is 0. The molecule has 1 rings (SSSR count). The van der Waals surface area contributed by atoms with E-state index in [0.29, 0.717) is 0 Å². The Kier molecular flexibility index (Phi) is 3.58. The Morgan fingerprint density at radius 1 is 1.13 bits per heavy atom. The van der Waals surface area contributed by atoms with Gasteiger partial charge in [-0.2, -0.15) is 0 Å². The van der Waals surface area contributed by atoms with Crippen LogP contribution >= 0.6 is 0 Å². The molecule has 0 radical (unpaired) electrons. The SMILES string of the molecule is C=C(O[Si](C)(C)C)c1ccc(OC)cc1. The first-order valence-electron chi connectivity index (χ1n) is 4.95. The van der Waals surface area contributed by atoms with Crippen LogP contribution in [0.15, 0.2) is 30.8 Å². The zero-order chi connectivity index (χ0) is 11.5. The van der Waals surface area contributed by atoms with Crippen molar-refractivity contribution in [2.75, 3.05) is 7.11 Å². The molecule has 0 amide bonds. The molecule has 0 unspecified atom stereocenters. The van der Waals surface area contributed by atoms with Gasteiger partial charge >= 0.3 is 0 Å². The highest BCUT2D eigenvalue weighted by Crippen LogP contribution is 2.21. The molecule has 15 heavy (non-hydrogen) atoms. The number of ether oxygens (including phenoxy) is 1. The number of benzene rings is 1. The molecule has 0 aliphatic rings. The fourth-order valence-corrected chi connectivity index (χ4v) is 2.06. The molecule has 3 heteroatoms. The lowest BCUT2D eigenvalue weighted by Crippen LogP contribution is -2.24. The number of methoxy groups -OCH3 is 1. The van der Waals surface area contributed by atoms with Crippen LogP contribution in [0.4, 0.5) is 0 Å². The minimum absolute atomic E-state index is 0.747. The van der Waals surface area contributed by atoms with Gasteiger partial charge in [-0.3, -0.25) is 0 Å². The largest absolute Gasteiger partial charge is 0.544 e. The van der Waals surface area contributed by atoms with Gasteiger partial charge in [0.05, 0.1) is 7.11 Å². The van der Waals surface area contributed by atoms with E-state index in [2.05, 4.69) is 26.2 Å². The van der Waals surface area contributed by atoms with Crippen LogP contribution in [0.3, 0.4) is 0 Å². The molecule has 0 aliphatic heterocycles. The summed E-state index contributed by atoms with van der Waals surface area (Å²) in [5, 5.41) is 0. The summed E-state index contributed by atoms with van der Waals surface area (Å²) in [6.45, 7) is 10.4. The molecular formula is C12H18O2Si. The van der Waals surface area contributed by atoms with Crippen molar-refractivity contribution in [2.45, 2.75) is 19.6 Å². The Bertz CT molecular complexity index is 336. The second-order valence-electron chi connectivity index (χ2n) is 4.37. The highest BCUT2D eigenvalue weighted by atomic mass is 28.4. The van der Waals surface area contributed by atoms with Crippen molar-refractivity contribution in [1.82, 2.24) is 0 Å². The van der Waals surface area contributed by atoms with Gasteiger partial charge in [0.15, 0.2) is 0 Å². The van der Waals surface area contributed by atoms with Crippen LogP contribution < -0.4 is 4.74 Å². The molecule has 0 atom stereocenters. The minimum atomic E-state index is -1.56. The van der Waals surface area contributed by atoms with Crippen molar-refractivity contribution in [3.05, 3.63) is 36.4 Å². The summed E-state index contributed by atoms with van der Waals surface area (Å²) in [5.41, 5.74) is 1.01. The lowest BCUT2D eigenvalue weighted by atomic mass is 10.2. The molecule has 0 aromatic heterocycles. The third-order valence-corrected chi connectivity index (χ3v) is 2.70. The molecular weight excluding hydrogens is 204 g/mol. The Labute approximate surface area is 92.7 Å². The summed E-state index contributed by atoms with van der Waals surface area (Å²) < 4.78 is 10.9. The second kappa shape index (κ2) is 4.53. The van der Waals surface area contributed by atoms with E-state index in [9.17, 15) is 0 Å². The van der Waals surface area contributed by atoms with Gasteiger partial charge < -0.3 is 9.16 Å². The minimum Gasteiger partial charge on any atom is -0.544 e. The van der Waals surface area contributed by atoms with Crippen LogP contribution in [-0.4, -0.2) is 15.4 Å². The summed E-state index contributed by atoms with van der Waals surface area (Å²) in [4.78, 5) is 0. The summed E-state index contributed by atoms with van der Waals surface area (Å²) >= 11 is 0. The maximum atomic E-state index is 5.80. The van der Waals surface area contributed by atoms with Crippen LogP contribution in [0.5, 0.6) is 5.75 Å². The Morgan fingerprint density at radius 2 is 1.67 bits per heavy atom. The average Bonchev–Trinajstić information content (AvgIpc) is 2.15. The second-order valence-corrected chi connectivity index (χ2v) is 8.79. The van der Waals surface area contributed by atoms with E-state index < -0.39 is 8.32 Å². The zero-order valence-corrected chi connectivity index (χ0v) is 10.8. The van der Waals surface area contributed by atoms with E-state index in [0.717, 1.165) is 17.1 Å². The molecule has 0 spiro atoms. The molecule has 0 saturated heterocycles. The van der Waals surface area contributed by atoms with Gasteiger partial charge in [0.1, 0.15) is 11.5 Å². The lowest BCUT2D eigenvalue weighted by Gasteiger charge is -2.21. The van der Waals surface area contributed by atoms with E-state index in [1.54, 1.807) is 7.11 Å². The fraction of sp³-hybridized carbons (Fsp3) is 0.333. The predicted octanol–water partition coefficient (Wildman–Crippen LogP) is 3.52. The normalized spacial score (nSPS) is 10.9. The summed E-state index contributed by atoms with van der Waals surface area (Å²) in [5.74, 6) is 1.59. The van der Waals surface area contributed by atoms with E-state index in [1.165, 1.54) is 0 Å². The molecule has 0 heterocycles. The van der Waals surface area contributed by atoms with Crippen molar-refractivity contribution >= 4 is 14.1 Å². The average molecular weight is 222 g/mol. The van der Waals surface area contributed by atoms with Gasteiger partial charge in [-0.25, -0.2) is 0 Å². The van der Waals surface area contributed by atoms with Gasteiger partial charge in [0, 0.05) is 5.56 Å². The molecule has 1 aromatic carbocycles. The smallest absolute Gasteiger partial charge is 0.242 e. The van der Waals surface area contributed by atoms with E-state index in [4.69, 9.17) is 9.16 Å². The highest BCUT2D eigenvalue weighted by molar-refractivity contribution is 6.70. The number of hydrogen-bond donors (Lipinski definition) is 0. The predicted molar refractivity (Wildman–Crippen MR) is 66.5 cm³/mol. The Balaban J connectivity index is 2.75. The monoisotopic (exact) mass is 222 g/mol. The van der Waals surface area contributed by atoms with Crippen molar-refractivity contribution in [1.29, 1.82) is 0 Å². The quantitative estimate of drug-likeness (QED) is 0.573. The maximum Gasteiger partial charge on any atom is 0.242 e. The third-order valence-electron chi connectivity index (χ3n) is 1.84. The molecule has 1 aromatic rings. The third kappa shape index (κ3) is 3.79. The van der Waals surface area contributed by atoms with E-state index in [-0.39, 0.29) is 0 Å². The Morgan fingerprint density at radius 3 is 2.07 bits per heavy atom. The summed E-state index contributed by atoms with van der Waals surface area (Å²) in [7, 11) is 0.0994.